The molecule has 0 aliphatic carbocycles. The van der Waals surface area contributed by atoms with Gasteiger partial charge in [-0.15, -0.1) is 0 Å². The number of hydrogen-bond donors (Lipinski definition) is 1. The number of hydrogen-bond acceptors (Lipinski definition) is 2. The van der Waals surface area contributed by atoms with Gasteiger partial charge >= 0.3 is 0 Å². The van der Waals surface area contributed by atoms with Crippen LogP contribution in [0.15, 0.2) is 39.4 Å². The van der Waals surface area contributed by atoms with E-state index in [0.717, 1.165) is 10.0 Å². The molecule has 1 aliphatic heterocycles. The second-order valence-electron chi connectivity index (χ2n) is 3.20. The van der Waals surface area contributed by atoms with E-state index in [1.54, 1.807) is 13.0 Å². The summed E-state index contributed by atoms with van der Waals surface area (Å²) in [6, 6.07) is 7.69. The first-order valence-electron chi connectivity index (χ1n) is 4.50. The third kappa shape index (κ3) is 2.15. The predicted molar refractivity (Wildman–Crippen MR) is 63.4 cm³/mol. The maximum Gasteiger partial charge on any atom is 0.275 e. The average molecular weight is 265 g/mol. The molecule has 3 nitrogen and oxygen atoms in total. The van der Waals surface area contributed by atoms with Crippen molar-refractivity contribution in [3.05, 3.63) is 40.0 Å². The first-order valence-corrected chi connectivity index (χ1v) is 5.29. The molecule has 0 aromatic heterocycles. The van der Waals surface area contributed by atoms with Crippen molar-refractivity contribution in [3.8, 4) is 0 Å². The molecular formula is C11H9BrN2O. The predicted octanol–water partition coefficient (Wildman–Crippen LogP) is 2.34. The summed E-state index contributed by atoms with van der Waals surface area (Å²) < 4.78 is 0.949. The molecule has 15 heavy (non-hydrogen) atoms. The lowest BCUT2D eigenvalue weighted by atomic mass is 10.2. The molecule has 1 aromatic carbocycles. The smallest absolute Gasteiger partial charge is 0.275 e. The lowest BCUT2D eigenvalue weighted by Gasteiger charge is -1.97. The van der Waals surface area contributed by atoms with Crippen molar-refractivity contribution in [2.75, 3.05) is 0 Å². The number of nitrogens with zero attached hydrogens (tertiary/aromatic N) is 1. The summed E-state index contributed by atoms with van der Waals surface area (Å²) in [5, 5.41) is 2.63. The molecule has 1 amide bonds. The van der Waals surface area contributed by atoms with Crippen LogP contribution in [0.25, 0.3) is 6.08 Å². The van der Waals surface area contributed by atoms with Gasteiger partial charge in [-0.2, -0.15) is 0 Å². The zero-order valence-corrected chi connectivity index (χ0v) is 9.71. The molecule has 1 N–H and O–H groups in total. The Balaban J connectivity index is 2.39. The van der Waals surface area contributed by atoms with E-state index in [1.165, 1.54) is 0 Å². The van der Waals surface area contributed by atoms with E-state index in [0.29, 0.717) is 11.5 Å². The maximum absolute atomic E-state index is 11.4. The first kappa shape index (κ1) is 10.1. The van der Waals surface area contributed by atoms with Crippen LogP contribution in [0.3, 0.4) is 0 Å². The number of rotatable bonds is 1. The molecule has 76 valence electrons. The highest BCUT2D eigenvalue weighted by molar-refractivity contribution is 9.10. The van der Waals surface area contributed by atoms with E-state index in [2.05, 4.69) is 26.2 Å². The Morgan fingerprint density at radius 3 is 2.73 bits per heavy atom. The summed E-state index contributed by atoms with van der Waals surface area (Å²) in [7, 11) is 0. The molecule has 0 bridgehead atoms. The quantitative estimate of drug-likeness (QED) is 0.778. The molecule has 0 saturated heterocycles. The normalized spacial score (nSPS) is 17.9. The van der Waals surface area contributed by atoms with Gasteiger partial charge in [0.2, 0.25) is 0 Å². The van der Waals surface area contributed by atoms with Crippen LogP contribution >= 0.6 is 15.9 Å². The Kier molecular flexibility index (Phi) is 2.68. The van der Waals surface area contributed by atoms with E-state index in [4.69, 9.17) is 0 Å². The van der Waals surface area contributed by atoms with Crippen LogP contribution in [0.1, 0.15) is 12.5 Å². The number of carbonyl (C=O) groups is 1. The summed E-state index contributed by atoms with van der Waals surface area (Å²) >= 11 is 3.41. The largest absolute Gasteiger partial charge is 0.309 e. The van der Waals surface area contributed by atoms with Crippen molar-refractivity contribution >= 4 is 33.7 Å². The fourth-order valence-corrected chi connectivity index (χ4v) is 1.72. The van der Waals surface area contributed by atoms with Crippen LogP contribution in [-0.2, 0) is 4.79 Å². The molecule has 1 heterocycles. The lowest BCUT2D eigenvalue weighted by Crippen LogP contribution is -2.21. The van der Waals surface area contributed by atoms with Crippen LogP contribution in [0.5, 0.6) is 0 Å². The fraction of sp³-hybridized carbons (Fsp3) is 0.0909. The highest BCUT2D eigenvalue weighted by Gasteiger charge is 2.16. The van der Waals surface area contributed by atoms with Crippen LogP contribution in [0, 0.1) is 0 Å². The zero-order valence-electron chi connectivity index (χ0n) is 8.12. The number of amidine groups is 1. The van der Waals surface area contributed by atoms with Gasteiger partial charge in [0.15, 0.2) is 0 Å². The standard InChI is InChI=1S/C11H9BrN2O/c1-7-13-10(11(15)14-7)6-8-4-2-3-5-9(8)12/h2-6H,1H3,(H,13,14,15)/b10-6-. The topological polar surface area (TPSA) is 41.5 Å². The molecule has 0 spiro atoms. The third-order valence-electron chi connectivity index (χ3n) is 2.01. The Morgan fingerprint density at radius 1 is 1.40 bits per heavy atom. The summed E-state index contributed by atoms with van der Waals surface area (Å²) in [5.41, 5.74) is 1.39. The van der Waals surface area contributed by atoms with E-state index in [9.17, 15) is 4.79 Å². The van der Waals surface area contributed by atoms with Crippen LogP contribution < -0.4 is 5.32 Å². The average Bonchev–Trinajstić information content (AvgIpc) is 2.49. The number of benzene rings is 1. The summed E-state index contributed by atoms with van der Waals surface area (Å²) in [4.78, 5) is 15.5. The van der Waals surface area contributed by atoms with E-state index >= 15 is 0 Å². The monoisotopic (exact) mass is 264 g/mol. The minimum absolute atomic E-state index is 0.150. The summed E-state index contributed by atoms with van der Waals surface area (Å²) in [6.07, 6.45) is 1.76. The van der Waals surface area contributed by atoms with Gasteiger partial charge in [0.25, 0.3) is 5.91 Å². The Labute approximate surface area is 96.0 Å². The van der Waals surface area contributed by atoms with Crippen LogP contribution in [0.2, 0.25) is 0 Å². The van der Waals surface area contributed by atoms with Gasteiger partial charge in [-0.05, 0) is 24.6 Å². The molecule has 0 unspecified atom stereocenters. The number of nitrogens with one attached hydrogen (secondary N) is 1. The Bertz CT molecular complexity index is 477. The number of amides is 1. The van der Waals surface area contributed by atoms with Gasteiger partial charge in [-0.25, -0.2) is 4.99 Å². The molecule has 4 heteroatoms. The number of halogens is 1. The van der Waals surface area contributed by atoms with Crippen molar-refractivity contribution in [1.82, 2.24) is 5.32 Å². The minimum Gasteiger partial charge on any atom is -0.309 e. The van der Waals surface area contributed by atoms with Crippen molar-refractivity contribution in [2.45, 2.75) is 6.92 Å². The summed E-state index contributed by atoms with van der Waals surface area (Å²) in [5.74, 6) is 0.488. The molecule has 0 saturated carbocycles. The first-order chi connectivity index (χ1) is 7.16. The van der Waals surface area contributed by atoms with Crippen molar-refractivity contribution in [3.63, 3.8) is 0 Å². The lowest BCUT2D eigenvalue weighted by molar-refractivity contribution is -0.115. The minimum atomic E-state index is -0.150. The SMILES string of the molecule is CC1=N/C(=C\c2ccccc2Br)C(=O)N1. The Hall–Kier alpha value is -1.42. The Morgan fingerprint density at radius 2 is 2.13 bits per heavy atom. The van der Waals surface area contributed by atoms with Gasteiger partial charge in [0.05, 0.1) is 0 Å². The van der Waals surface area contributed by atoms with Gasteiger partial charge in [0, 0.05) is 4.47 Å². The third-order valence-corrected chi connectivity index (χ3v) is 2.73. The van der Waals surface area contributed by atoms with E-state index in [1.807, 2.05) is 24.3 Å². The molecular weight excluding hydrogens is 256 g/mol. The van der Waals surface area contributed by atoms with Crippen LogP contribution in [0.4, 0.5) is 0 Å². The second-order valence-corrected chi connectivity index (χ2v) is 4.06. The van der Waals surface area contributed by atoms with Gasteiger partial charge in [-0.3, -0.25) is 4.79 Å². The maximum atomic E-state index is 11.4. The highest BCUT2D eigenvalue weighted by atomic mass is 79.9. The van der Waals surface area contributed by atoms with Gasteiger partial charge < -0.3 is 5.32 Å². The molecule has 1 aliphatic rings. The van der Waals surface area contributed by atoms with Crippen molar-refractivity contribution in [2.24, 2.45) is 4.99 Å². The number of aliphatic imine (C=N–C) groups is 1. The van der Waals surface area contributed by atoms with Gasteiger partial charge in [-0.1, -0.05) is 34.1 Å². The molecule has 0 fully saturated rings. The fourth-order valence-electron chi connectivity index (χ4n) is 1.33. The van der Waals surface area contributed by atoms with E-state index < -0.39 is 0 Å². The zero-order chi connectivity index (χ0) is 10.8. The van der Waals surface area contributed by atoms with Crippen LogP contribution in [-0.4, -0.2) is 11.7 Å². The van der Waals surface area contributed by atoms with E-state index in [-0.39, 0.29) is 5.91 Å². The highest BCUT2D eigenvalue weighted by Crippen LogP contribution is 2.20. The second kappa shape index (κ2) is 3.98. The molecule has 2 rings (SSSR count). The summed E-state index contributed by atoms with van der Waals surface area (Å²) in [6.45, 7) is 1.76. The number of carbonyl (C=O) groups excluding carboxylic acids is 1. The van der Waals surface area contributed by atoms with Crippen molar-refractivity contribution in [1.29, 1.82) is 0 Å². The van der Waals surface area contributed by atoms with Crippen molar-refractivity contribution < 1.29 is 4.79 Å². The molecule has 1 aromatic rings. The van der Waals surface area contributed by atoms with Gasteiger partial charge in [0.1, 0.15) is 11.5 Å². The molecule has 0 radical (unpaired) electrons. The molecule has 0 atom stereocenters.